The fourth-order valence-electron chi connectivity index (χ4n) is 3.08. The number of fused-ring (bicyclic) bond motifs is 1. The van der Waals surface area contributed by atoms with Crippen LogP contribution in [0.4, 0.5) is 11.5 Å². The van der Waals surface area contributed by atoms with Gasteiger partial charge in [-0.3, -0.25) is 4.31 Å². The van der Waals surface area contributed by atoms with Gasteiger partial charge in [0.2, 0.25) is 5.65 Å². The van der Waals surface area contributed by atoms with Crippen molar-refractivity contribution >= 4 is 27.2 Å². The van der Waals surface area contributed by atoms with Crippen molar-refractivity contribution < 1.29 is 22.8 Å². The van der Waals surface area contributed by atoms with Gasteiger partial charge in [0.05, 0.1) is 23.9 Å². The average molecular weight is 454 g/mol. The Kier molecular flexibility index (Phi) is 5.41. The first-order valence-electron chi connectivity index (χ1n) is 9.33. The molecule has 0 saturated heterocycles. The molecule has 0 bridgehead atoms. The van der Waals surface area contributed by atoms with Crippen LogP contribution in [-0.2, 0) is 10.0 Å². The largest absolute Gasteiger partial charge is 0.497 e. The first-order valence-corrected chi connectivity index (χ1v) is 10.8. The van der Waals surface area contributed by atoms with Crippen LogP contribution in [-0.4, -0.2) is 36.9 Å². The van der Waals surface area contributed by atoms with Gasteiger partial charge in [-0.15, -0.1) is 0 Å². The zero-order valence-electron chi connectivity index (χ0n) is 17.1. The van der Waals surface area contributed by atoms with E-state index in [1.165, 1.54) is 61.2 Å². The fourth-order valence-corrected chi connectivity index (χ4v) is 4.27. The van der Waals surface area contributed by atoms with E-state index in [1.807, 2.05) is 0 Å². The summed E-state index contributed by atoms with van der Waals surface area (Å²) in [5.74, 6) is 0.363. The number of benzene rings is 2. The first kappa shape index (κ1) is 21.1. The SMILES string of the molecule is COc1ccc(S(=O)(=O)N(C)c2ccc(Oc3nc4ccccn4c3[N+](=O)[O-])cc2)cc1. The summed E-state index contributed by atoms with van der Waals surface area (Å²) in [7, 11) is -0.859. The molecule has 0 atom stereocenters. The number of hydrogen-bond acceptors (Lipinski definition) is 7. The number of pyridine rings is 1. The van der Waals surface area contributed by atoms with Gasteiger partial charge in [0.1, 0.15) is 11.5 Å². The Hall–Kier alpha value is -4.12. The molecular weight excluding hydrogens is 436 g/mol. The van der Waals surface area contributed by atoms with Crippen molar-refractivity contribution in [2.45, 2.75) is 4.90 Å². The highest BCUT2D eigenvalue weighted by atomic mass is 32.2. The monoisotopic (exact) mass is 454 g/mol. The van der Waals surface area contributed by atoms with Gasteiger partial charge in [-0.1, -0.05) is 6.07 Å². The summed E-state index contributed by atoms with van der Waals surface area (Å²) in [5, 5.41) is 11.5. The van der Waals surface area contributed by atoms with Gasteiger partial charge in [-0.25, -0.2) is 8.42 Å². The second-order valence-electron chi connectivity index (χ2n) is 6.67. The smallest absolute Gasteiger partial charge is 0.392 e. The summed E-state index contributed by atoms with van der Waals surface area (Å²) in [5.41, 5.74) is 0.758. The van der Waals surface area contributed by atoms with Gasteiger partial charge in [0, 0.05) is 13.1 Å². The van der Waals surface area contributed by atoms with Gasteiger partial charge in [0.15, 0.2) is 0 Å². The maximum atomic E-state index is 12.9. The number of ether oxygens (including phenoxy) is 2. The Morgan fingerprint density at radius 3 is 2.28 bits per heavy atom. The lowest BCUT2D eigenvalue weighted by Gasteiger charge is -2.20. The number of rotatable bonds is 7. The number of sulfonamides is 1. The van der Waals surface area contributed by atoms with Gasteiger partial charge in [-0.05, 0) is 59.5 Å². The molecule has 4 rings (SSSR count). The molecule has 0 spiro atoms. The highest BCUT2D eigenvalue weighted by Gasteiger charge is 2.25. The van der Waals surface area contributed by atoms with Crippen LogP contribution in [0.15, 0.2) is 77.8 Å². The van der Waals surface area contributed by atoms with Crippen LogP contribution in [0.3, 0.4) is 0 Å². The molecule has 2 heterocycles. The topological polar surface area (TPSA) is 116 Å². The van der Waals surface area contributed by atoms with Crippen molar-refractivity contribution in [1.29, 1.82) is 0 Å². The second-order valence-corrected chi connectivity index (χ2v) is 8.64. The third kappa shape index (κ3) is 3.81. The Morgan fingerprint density at radius 1 is 1.00 bits per heavy atom. The number of methoxy groups -OCH3 is 1. The number of nitrogens with zero attached hydrogens (tertiary/aromatic N) is 4. The van der Waals surface area contributed by atoms with E-state index in [0.717, 1.165) is 4.31 Å². The first-order chi connectivity index (χ1) is 15.3. The minimum Gasteiger partial charge on any atom is -0.497 e. The van der Waals surface area contributed by atoms with Crippen LogP contribution in [0.25, 0.3) is 5.65 Å². The predicted octanol–water partition coefficient (Wildman–Crippen LogP) is 3.87. The molecule has 0 N–H and O–H groups in total. The van der Waals surface area contributed by atoms with Crippen LogP contribution in [0.1, 0.15) is 0 Å². The highest BCUT2D eigenvalue weighted by Crippen LogP contribution is 2.33. The maximum Gasteiger partial charge on any atom is 0.392 e. The highest BCUT2D eigenvalue weighted by molar-refractivity contribution is 7.92. The van der Waals surface area contributed by atoms with E-state index in [1.54, 1.807) is 30.3 Å². The van der Waals surface area contributed by atoms with E-state index in [9.17, 15) is 18.5 Å². The quantitative estimate of drug-likeness (QED) is 0.307. The molecule has 0 amide bonds. The molecule has 164 valence electrons. The number of imidazole rings is 1. The molecule has 0 aliphatic heterocycles. The lowest BCUT2D eigenvalue weighted by Crippen LogP contribution is -2.26. The lowest BCUT2D eigenvalue weighted by atomic mass is 10.3. The van der Waals surface area contributed by atoms with E-state index in [4.69, 9.17) is 9.47 Å². The number of nitro groups is 1. The standard InChI is InChI=1S/C21H18N4O6S/c1-23(32(28,29)18-12-10-16(30-2)11-13-18)15-6-8-17(9-7-15)31-20-21(25(26)27)24-14-4-3-5-19(24)22-20/h3-14H,1-2H3. The Labute approximate surface area is 183 Å². The average Bonchev–Trinajstić information content (AvgIpc) is 3.17. The number of aromatic nitrogens is 2. The summed E-state index contributed by atoms with van der Waals surface area (Å²) in [6.45, 7) is 0. The van der Waals surface area contributed by atoms with Crippen LogP contribution >= 0.6 is 0 Å². The summed E-state index contributed by atoms with van der Waals surface area (Å²) in [6.07, 6.45) is 1.52. The maximum absolute atomic E-state index is 12.9. The molecule has 0 fully saturated rings. The molecule has 10 nitrogen and oxygen atoms in total. The predicted molar refractivity (Wildman–Crippen MR) is 117 cm³/mol. The summed E-state index contributed by atoms with van der Waals surface area (Å²) < 4.78 is 38.9. The Balaban J connectivity index is 1.59. The Bertz CT molecular complexity index is 1380. The van der Waals surface area contributed by atoms with Gasteiger partial charge in [0.25, 0.3) is 10.0 Å². The van der Waals surface area contributed by atoms with Crippen LogP contribution in [0.5, 0.6) is 17.4 Å². The van der Waals surface area contributed by atoms with Crippen molar-refractivity contribution in [3.8, 4) is 17.4 Å². The van der Waals surface area contributed by atoms with E-state index in [0.29, 0.717) is 17.1 Å². The summed E-state index contributed by atoms with van der Waals surface area (Å²) in [6, 6.07) is 17.2. The number of anilines is 1. The molecule has 4 aromatic rings. The molecule has 2 aromatic heterocycles. The summed E-state index contributed by atoms with van der Waals surface area (Å²) >= 11 is 0. The number of hydrogen-bond donors (Lipinski definition) is 0. The lowest BCUT2D eigenvalue weighted by molar-refractivity contribution is -0.391. The molecule has 0 radical (unpaired) electrons. The molecule has 2 aromatic carbocycles. The van der Waals surface area contributed by atoms with Crippen LogP contribution in [0.2, 0.25) is 0 Å². The van der Waals surface area contributed by atoms with Crippen molar-refractivity contribution in [1.82, 2.24) is 9.38 Å². The third-order valence-corrected chi connectivity index (χ3v) is 6.58. The van der Waals surface area contributed by atoms with E-state index >= 15 is 0 Å². The minimum absolute atomic E-state index is 0.112. The third-order valence-electron chi connectivity index (χ3n) is 4.78. The van der Waals surface area contributed by atoms with Crippen LogP contribution in [0, 0.1) is 10.1 Å². The van der Waals surface area contributed by atoms with Gasteiger partial charge in [-0.2, -0.15) is 9.38 Å². The molecule has 32 heavy (non-hydrogen) atoms. The zero-order chi connectivity index (χ0) is 22.9. The molecule has 0 unspecified atom stereocenters. The Morgan fingerprint density at radius 2 is 1.66 bits per heavy atom. The van der Waals surface area contributed by atoms with E-state index < -0.39 is 14.9 Å². The fraction of sp³-hybridized carbons (Fsp3) is 0.0952. The molecular formula is C21H18N4O6S. The van der Waals surface area contributed by atoms with Crippen molar-refractivity contribution in [3.05, 3.63) is 83.0 Å². The summed E-state index contributed by atoms with van der Waals surface area (Å²) in [4.78, 5) is 15.2. The normalized spacial score (nSPS) is 11.3. The van der Waals surface area contributed by atoms with E-state index in [2.05, 4.69) is 4.98 Å². The van der Waals surface area contributed by atoms with Gasteiger partial charge < -0.3 is 19.6 Å². The minimum atomic E-state index is -3.79. The van der Waals surface area contributed by atoms with Gasteiger partial charge >= 0.3 is 11.7 Å². The zero-order valence-corrected chi connectivity index (χ0v) is 17.9. The van der Waals surface area contributed by atoms with Crippen molar-refractivity contribution in [2.24, 2.45) is 0 Å². The molecule has 0 aliphatic rings. The second kappa shape index (κ2) is 8.19. The molecule has 11 heteroatoms. The van der Waals surface area contributed by atoms with Crippen LogP contribution < -0.4 is 13.8 Å². The van der Waals surface area contributed by atoms with E-state index in [-0.39, 0.29) is 22.3 Å². The molecule has 0 aliphatic carbocycles. The molecule has 0 saturated carbocycles. The van der Waals surface area contributed by atoms with Crippen molar-refractivity contribution in [2.75, 3.05) is 18.5 Å². The van der Waals surface area contributed by atoms with Crippen molar-refractivity contribution in [3.63, 3.8) is 0 Å².